The van der Waals surface area contributed by atoms with Crippen LogP contribution < -0.4 is 9.64 Å². The van der Waals surface area contributed by atoms with Crippen LogP contribution in [0.1, 0.15) is 25.0 Å². The molecule has 0 N–H and O–H groups in total. The number of hydrogen-bond acceptors (Lipinski definition) is 4. The molecule has 11 rings (SSSR count). The zero-order valence-electron chi connectivity index (χ0n) is 30.5. The van der Waals surface area contributed by atoms with E-state index in [0.717, 1.165) is 61.2 Å². The van der Waals surface area contributed by atoms with E-state index in [4.69, 9.17) is 14.7 Å². The van der Waals surface area contributed by atoms with E-state index in [-0.39, 0.29) is 5.41 Å². The molecule has 0 saturated carbocycles. The Morgan fingerprint density at radius 1 is 0.527 bits per heavy atom. The maximum absolute atomic E-state index is 6.45. The molecule has 7 aromatic carbocycles. The predicted molar refractivity (Wildman–Crippen MR) is 226 cm³/mol. The van der Waals surface area contributed by atoms with Crippen LogP contribution in [0, 0.1) is 0 Å². The molecule has 9 aromatic rings. The van der Waals surface area contributed by atoms with Crippen LogP contribution in [0.2, 0.25) is 0 Å². The van der Waals surface area contributed by atoms with Gasteiger partial charge in [0, 0.05) is 44.9 Å². The van der Waals surface area contributed by atoms with Gasteiger partial charge in [-0.25, -0.2) is 4.98 Å². The van der Waals surface area contributed by atoms with Gasteiger partial charge >= 0.3 is 0 Å². The van der Waals surface area contributed by atoms with Crippen LogP contribution in [0.4, 0.5) is 17.1 Å². The molecule has 4 heteroatoms. The second kappa shape index (κ2) is 12.0. The van der Waals surface area contributed by atoms with Gasteiger partial charge in [-0.3, -0.25) is 4.98 Å². The molecule has 0 fully saturated rings. The van der Waals surface area contributed by atoms with Crippen molar-refractivity contribution in [3.63, 3.8) is 0 Å². The van der Waals surface area contributed by atoms with Crippen molar-refractivity contribution in [1.82, 2.24) is 9.97 Å². The molecule has 0 atom stereocenters. The van der Waals surface area contributed by atoms with Crippen molar-refractivity contribution in [2.75, 3.05) is 4.90 Å². The van der Waals surface area contributed by atoms with Gasteiger partial charge in [0.25, 0.3) is 0 Å². The van der Waals surface area contributed by atoms with Gasteiger partial charge in [0.2, 0.25) is 5.88 Å². The number of benzene rings is 7. The number of aromatic nitrogens is 2. The normalized spacial score (nSPS) is 13.2. The van der Waals surface area contributed by atoms with E-state index in [0.29, 0.717) is 5.88 Å². The molecule has 1 aliphatic carbocycles. The molecular formula is C51H35N3O. The standard InChI is InChI=1S/C51H35N3O/c1-51(2)42-15-8-6-14-40(42)47-43(51)16-10-18-45(47)54(36-24-19-33(20-25-36)32-11-4-3-5-12-32)37-26-21-34(22-27-37)35-23-28-46-41(31-35)49-48-39(29-30-52-49)38-13-7-9-17-44(38)53-50(48)55-46/h3-31H,1-2H3. The Balaban J connectivity index is 1.03. The van der Waals surface area contributed by atoms with Crippen molar-refractivity contribution in [3.05, 3.63) is 187 Å². The average Bonchev–Trinajstić information content (AvgIpc) is 3.48. The Hall–Kier alpha value is -7.04. The third-order valence-electron chi connectivity index (χ3n) is 11.5. The SMILES string of the molecule is CC1(C)c2ccccc2-c2c(N(c3ccc(-c4ccccc4)cc3)c3ccc(-c4ccc5c(c4)-c4nccc6c4c(nc4ccccc46)O5)cc3)cccc21. The first kappa shape index (κ1) is 31.5. The van der Waals surface area contributed by atoms with Crippen molar-refractivity contribution in [1.29, 1.82) is 0 Å². The van der Waals surface area contributed by atoms with Gasteiger partial charge in [-0.15, -0.1) is 0 Å². The van der Waals surface area contributed by atoms with Gasteiger partial charge in [0.1, 0.15) is 5.75 Å². The first-order chi connectivity index (χ1) is 27.0. The van der Waals surface area contributed by atoms with Crippen molar-refractivity contribution in [2.45, 2.75) is 19.3 Å². The van der Waals surface area contributed by atoms with Crippen molar-refractivity contribution < 1.29 is 4.74 Å². The van der Waals surface area contributed by atoms with Crippen molar-refractivity contribution >= 4 is 38.7 Å². The number of para-hydroxylation sites is 1. The molecule has 0 saturated heterocycles. The summed E-state index contributed by atoms with van der Waals surface area (Å²) in [6, 6.07) is 60.7. The molecule has 1 aliphatic heterocycles. The number of nitrogens with zero attached hydrogens (tertiary/aromatic N) is 3. The zero-order chi connectivity index (χ0) is 36.7. The van der Waals surface area contributed by atoms with Gasteiger partial charge in [0.05, 0.1) is 22.3 Å². The van der Waals surface area contributed by atoms with Crippen LogP contribution in [-0.4, -0.2) is 9.97 Å². The average molecular weight is 706 g/mol. The number of fused-ring (bicyclic) bond motifs is 7. The fraction of sp³-hybridized carbons (Fsp3) is 0.0588. The minimum absolute atomic E-state index is 0.104. The first-order valence-corrected chi connectivity index (χ1v) is 18.8. The molecule has 4 nitrogen and oxygen atoms in total. The third kappa shape index (κ3) is 4.85. The summed E-state index contributed by atoms with van der Waals surface area (Å²) in [6.07, 6.45) is 1.89. The van der Waals surface area contributed by atoms with Crippen LogP contribution in [-0.2, 0) is 5.41 Å². The summed E-state index contributed by atoms with van der Waals surface area (Å²) in [4.78, 5) is 12.2. The number of anilines is 3. The number of rotatable bonds is 5. The molecular weight excluding hydrogens is 671 g/mol. The molecule has 260 valence electrons. The quantitative estimate of drug-likeness (QED) is 0.167. The van der Waals surface area contributed by atoms with E-state index in [1.165, 1.54) is 39.1 Å². The molecule has 0 spiro atoms. The summed E-state index contributed by atoms with van der Waals surface area (Å²) in [5, 5.41) is 3.15. The molecule has 0 radical (unpaired) electrons. The highest BCUT2D eigenvalue weighted by Crippen LogP contribution is 2.54. The van der Waals surface area contributed by atoms with E-state index >= 15 is 0 Å². The lowest BCUT2D eigenvalue weighted by molar-refractivity contribution is 0.469. The van der Waals surface area contributed by atoms with Crippen LogP contribution in [0.5, 0.6) is 11.6 Å². The molecule has 2 aliphatic rings. The maximum atomic E-state index is 6.45. The van der Waals surface area contributed by atoms with E-state index in [2.05, 4.69) is 170 Å². The van der Waals surface area contributed by atoms with E-state index < -0.39 is 0 Å². The molecule has 0 amide bonds. The maximum Gasteiger partial charge on any atom is 0.229 e. The van der Waals surface area contributed by atoms with Crippen LogP contribution >= 0.6 is 0 Å². The summed E-state index contributed by atoms with van der Waals surface area (Å²) in [5.41, 5.74) is 15.9. The summed E-state index contributed by atoms with van der Waals surface area (Å²) in [6.45, 7) is 4.68. The predicted octanol–water partition coefficient (Wildman–Crippen LogP) is 13.7. The number of hydrogen-bond donors (Lipinski definition) is 0. The fourth-order valence-electron chi connectivity index (χ4n) is 8.82. The van der Waals surface area contributed by atoms with Gasteiger partial charge in [-0.1, -0.05) is 129 Å². The highest BCUT2D eigenvalue weighted by atomic mass is 16.5. The van der Waals surface area contributed by atoms with Crippen LogP contribution in [0.3, 0.4) is 0 Å². The Morgan fingerprint density at radius 3 is 1.98 bits per heavy atom. The topological polar surface area (TPSA) is 38.2 Å². The lowest BCUT2D eigenvalue weighted by atomic mass is 9.82. The number of ether oxygens (including phenoxy) is 1. The summed E-state index contributed by atoms with van der Waals surface area (Å²) < 4.78 is 6.45. The second-order valence-corrected chi connectivity index (χ2v) is 15.0. The van der Waals surface area contributed by atoms with Gasteiger partial charge in [0.15, 0.2) is 0 Å². The van der Waals surface area contributed by atoms with E-state index in [9.17, 15) is 0 Å². The Bertz CT molecular complexity index is 2970. The van der Waals surface area contributed by atoms with Gasteiger partial charge < -0.3 is 9.64 Å². The summed E-state index contributed by atoms with van der Waals surface area (Å²) in [5.74, 6) is 1.37. The van der Waals surface area contributed by atoms with Crippen molar-refractivity contribution in [2.24, 2.45) is 0 Å². The molecule has 55 heavy (non-hydrogen) atoms. The fourth-order valence-corrected chi connectivity index (χ4v) is 8.82. The monoisotopic (exact) mass is 705 g/mol. The van der Waals surface area contributed by atoms with Crippen molar-refractivity contribution in [3.8, 4) is 56.3 Å². The third-order valence-corrected chi connectivity index (χ3v) is 11.5. The lowest BCUT2D eigenvalue weighted by Gasteiger charge is -2.29. The molecule has 3 heterocycles. The summed E-state index contributed by atoms with van der Waals surface area (Å²) in [7, 11) is 0. The molecule has 2 aromatic heterocycles. The smallest absolute Gasteiger partial charge is 0.229 e. The second-order valence-electron chi connectivity index (χ2n) is 15.0. The lowest BCUT2D eigenvalue weighted by Crippen LogP contribution is -2.16. The first-order valence-electron chi connectivity index (χ1n) is 18.8. The summed E-state index contributed by atoms with van der Waals surface area (Å²) >= 11 is 0. The Labute approximate surface area is 320 Å². The van der Waals surface area contributed by atoms with Gasteiger partial charge in [-0.05, 0) is 93.5 Å². The van der Waals surface area contributed by atoms with Crippen LogP contribution in [0.25, 0.3) is 66.3 Å². The van der Waals surface area contributed by atoms with Crippen LogP contribution in [0.15, 0.2) is 176 Å². The van der Waals surface area contributed by atoms with E-state index in [1.54, 1.807) is 0 Å². The van der Waals surface area contributed by atoms with E-state index in [1.807, 2.05) is 24.4 Å². The largest absolute Gasteiger partial charge is 0.438 e. The highest BCUT2D eigenvalue weighted by molar-refractivity contribution is 6.13. The minimum Gasteiger partial charge on any atom is -0.438 e. The number of pyridine rings is 2. The van der Waals surface area contributed by atoms with Gasteiger partial charge in [-0.2, -0.15) is 0 Å². The highest BCUT2D eigenvalue weighted by Gasteiger charge is 2.37. The Morgan fingerprint density at radius 2 is 1.18 bits per heavy atom. The Kier molecular flexibility index (Phi) is 6.86. The molecule has 0 bridgehead atoms. The minimum atomic E-state index is -0.104. The molecule has 0 unspecified atom stereocenters. The zero-order valence-corrected chi connectivity index (χ0v) is 30.5.